The van der Waals surface area contributed by atoms with Gasteiger partial charge in [-0.25, -0.2) is 4.79 Å². The highest BCUT2D eigenvalue weighted by atomic mass is 32.5. The first kappa shape index (κ1) is 15.0. The zero-order valence-electron chi connectivity index (χ0n) is 9.23. The second kappa shape index (κ2) is 8.19. The summed E-state index contributed by atoms with van der Waals surface area (Å²) in [6.07, 6.45) is 0. The van der Waals surface area contributed by atoms with Crippen molar-refractivity contribution in [3.8, 4) is 0 Å². The molecule has 0 saturated heterocycles. The van der Waals surface area contributed by atoms with Gasteiger partial charge in [-0.1, -0.05) is 0 Å². The summed E-state index contributed by atoms with van der Waals surface area (Å²) in [7, 11) is 0. The highest BCUT2D eigenvalue weighted by Crippen LogP contribution is 2.49. The predicted molar refractivity (Wildman–Crippen MR) is 60.1 cm³/mol. The van der Waals surface area contributed by atoms with Gasteiger partial charge in [-0.05, 0) is 32.6 Å². The molecule has 0 saturated carbocycles. The summed E-state index contributed by atoms with van der Waals surface area (Å²) in [5, 5.41) is 0. The molecule has 0 unspecified atom stereocenters. The Morgan fingerprint density at radius 3 is 2.00 bits per heavy atom. The lowest BCUT2D eigenvalue weighted by atomic mass is 10.7. The standard InChI is InChI=1S/C8H17O5PS/c1-4-10-8(9)7-13-14(15,11-5-2)12-6-3/h4-7H2,1-3H3. The smallest absolute Gasteiger partial charge is 0.332 e. The molecule has 0 spiro atoms. The van der Waals surface area contributed by atoms with Crippen LogP contribution in [0.5, 0.6) is 0 Å². The monoisotopic (exact) mass is 256 g/mol. The SMILES string of the molecule is CCOC(=O)COP(=S)(OCC)OCC. The Kier molecular flexibility index (Phi) is 8.19. The molecule has 0 aliphatic heterocycles. The van der Waals surface area contributed by atoms with Crippen molar-refractivity contribution in [1.82, 2.24) is 0 Å². The minimum absolute atomic E-state index is 0.231. The summed E-state index contributed by atoms with van der Waals surface area (Å²) < 4.78 is 20.2. The van der Waals surface area contributed by atoms with E-state index in [1.54, 1.807) is 20.8 Å². The molecule has 0 radical (unpaired) electrons. The Labute approximate surface area is 95.3 Å². The van der Waals surface area contributed by atoms with Crippen LogP contribution in [-0.2, 0) is 34.9 Å². The van der Waals surface area contributed by atoms with Crippen LogP contribution in [-0.4, -0.2) is 32.4 Å². The van der Waals surface area contributed by atoms with Crippen molar-refractivity contribution in [3.63, 3.8) is 0 Å². The zero-order valence-corrected chi connectivity index (χ0v) is 10.9. The van der Waals surface area contributed by atoms with E-state index in [2.05, 4.69) is 4.74 Å². The van der Waals surface area contributed by atoms with E-state index in [4.69, 9.17) is 25.4 Å². The molecule has 15 heavy (non-hydrogen) atoms. The number of hydrogen-bond donors (Lipinski definition) is 0. The van der Waals surface area contributed by atoms with Gasteiger partial charge in [0, 0.05) is 0 Å². The van der Waals surface area contributed by atoms with Crippen LogP contribution in [0.1, 0.15) is 20.8 Å². The number of ether oxygens (including phenoxy) is 1. The van der Waals surface area contributed by atoms with Crippen LogP contribution < -0.4 is 0 Å². The van der Waals surface area contributed by atoms with Gasteiger partial charge < -0.3 is 13.8 Å². The van der Waals surface area contributed by atoms with Crippen LogP contribution >= 0.6 is 6.72 Å². The quantitative estimate of drug-likeness (QED) is 0.488. The summed E-state index contributed by atoms with van der Waals surface area (Å²) in [6, 6.07) is 0. The van der Waals surface area contributed by atoms with Gasteiger partial charge in [-0.15, -0.1) is 0 Å². The van der Waals surface area contributed by atoms with E-state index < -0.39 is 12.7 Å². The molecule has 7 heteroatoms. The second-order valence-electron chi connectivity index (χ2n) is 2.36. The Bertz CT molecular complexity index is 223. The number of esters is 1. The Balaban J connectivity index is 4.06. The largest absolute Gasteiger partial charge is 0.464 e. The zero-order chi connectivity index (χ0) is 11.7. The summed E-state index contributed by atoms with van der Waals surface area (Å²) in [6.45, 7) is 3.39. The van der Waals surface area contributed by atoms with Gasteiger partial charge >= 0.3 is 12.7 Å². The lowest BCUT2D eigenvalue weighted by Crippen LogP contribution is -2.12. The molecule has 0 bridgehead atoms. The molecule has 90 valence electrons. The first-order chi connectivity index (χ1) is 7.08. The second-order valence-corrected chi connectivity index (χ2v) is 5.37. The first-order valence-electron chi connectivity index (χ1n) is 4.77. The lowest BCUT2D eigenvalue weighted by Gasteiger charge is -2.19. The fourth-order valence-electron chi connectivity index (χ4n) is 0.762. The Morgan fingerprint density at radius 1 is 1.07 bits per heavy atom. The number of hydrogen-bond acceptors (Lipinski definition) is 6. The van der Waals surface area contributed by atoms with Crippen LogP contribution in [0.15, 0.2) is 0 Å². The van der Waals surface area contributed by atoms with Crippen molar-refractivity contribution in [2.45, 2.75) is 20.8 Å². The van der Waals surface area contributed by atoms with Crippen LogP contribution in [0, 0.1) is 0 Å². The van der Waals surface area contributed by atoms with E-state index in [1.165, 1.54) is 0 Å². The molecule has 0 rings (SSSR count). The molecule has 0 N–H and O–H groups in total. The molecular weight excluding hydrogens is 239 g/mol. The Hall–Kier alpha value is -0.0000000000000000694. The molecule has 5 nitrogen and oxygen atoms in total. The van der Waals surface area contributed by atoms with Crippen molar-refractivity contribution < 1.29 is 23.1 Å². The van der Waals surface area contributed by atoms with Crippen LogP contribution in [0.3, 0.4) is 0 Å². The van der Waals surface area contributed by atoms with Crippen LogP contribution in [0.4, 0.5) is 0 Å². The van der Waals surface area contributed by atoms with E-state index in [0.717, 1.165) is 0 Å². The summed E-state index contributed by atoms with van der Waals surface area (Å²) in [5.74, 6) is -0.467. The molecule has 0 heterocycles. The molecule has 0 atom stereocenters. The minimum atomic E-state index is -2.76. The van der Waals surface area contributed by atoms with E-state index in [1.807, 2.05) is 0 Å². The minimum Gasteiger partial charge on any atom is -0.464 e. The third kappa shape index (κ3) is 6.98. The summed E-state index contributed by atoms with van der Waals surface area (Å²) >= 11 is 5.04. The summed E-state index contributed by atoms with van der Waals surface area (Å²) in [4.78, 5) is 11.0. The van der Waals surface area contributed by atoms with Gasteiger partial charge in [0.25, 0.3) is 0 Å². The molecule has 0 fully saturated rings. The van der Waals surface area contributed by atoms with Gasteiger partial charge in [0.05, 0.1) is 19.8 Å². The van der Waals surface area contributed by atoms with Crippen LogP contribution in [0.2, 0.25) is 0 Å². The number of rotatable bonds is 8. The first-order valence-corrected chi connectivity index (χ1v) is 7.32. The maximum absolute atomic E-state index is 11.0. The average Bonchev–Trinajstić information content (AvgIpc) is 2.16. The lowest BCUT2D eigenvalue weighted by molar-refractivity contribution is -0.145. The fraction of sp³-hybridized carbons (Fsp3) is 0.875. The van der Waals surface area contributed by atoms with E-state index in [9.17, 15) is 4.79 Å². The van der Waals surface area contributed by atoms with Gasteiger partial charge in [-0.2, -0.15) is 0 Å². The summed E-state index contributed by atoms with van der Waals surface area (Å²) in [5.41, 5.74) is 0. The van der Waals surface area contributed by atoms with Crippen molar-refractivity contribution >= 4 is 24.5 Å². The normalized spacial score (nSPS) is 11.4. The van der Waals surface area contributed by atoms with Crippen molar-refractivity contribution in [2.75, 3.05) is 26.4 Å². The third-order valence-corrected chi connectivity index (χ3v) is 3.76. The van der Waals surface area contributed by atoms with Crippen molar-refractivity contribution in [1.29, 1.82) is 0 Å². The number of carbonyl (C=O) groups excluding carboxylic acids is 1. The van der Waals surface area contributed by atoms with Gasteiger partial charge in [-0.3, -0.25) is 4.52 Å². The average molecular weight is 256 g/mol. The molecule has 0 aliphatic carbocycles. The van der Waals surface area contributed by atoms with Gasteiger partial charge in [0.1, 0.15) is 0 Å². The predicted octanol–water partition coefficient (Wildman–Crippen LogP) is 1.86. The van der Waals surface area contributed by atoms with Gasteiger partial charge in [0.15, 0.2) is 6.61 Å². The fourth-order valence-corrected chi connectivity index (χ4v) is 2.67. The van der Waals surface area contributed by atoms with E-state index >= 15 is 0 Å². The third-order valence-electron chi connectivity index (χ3n) is 1.22. The van der Waals surface area contributed by atoms with Gasteiger partial charge in [0.2, 0.25) is 0 Å². The molecule has 0 aromatic carbocycles. The maximum atomic E-state index is 11.0. The molecule has 0 amide bonds. The highest BCUT2D eigenvalue weighted by Gasteiger charge is 2.21. The van der Waals surface area contributed by atoms with Crippen molar-refractivity contribution in [2.24, 2.45) is 0 Å². The maximum Gasteiger partial charge on any atom is 0.332 e. The number of carbonyl (C=O) groups is 1. The topological polar surface area (TPSA) is 54.0 Å². The molecule has 0 aromatic rings. The molecule has 0 aromatic heterocycles. The van der Waals surface area contributed by atoms with E-state index in [-0.39, 0.29) is 6.61 Å². The Morgan fingerprint density at radius 2 is 1.60 bits per heavy atom. The molecular formula is C8H17O5PS. The molecule has 0 aliphatic rings. The van der Waals surface area contributed by atoms with E-state index in [0.29, 0.717) is 19.8 Å². The highest BCUT2D eigenvalue weighted by molar-refractivity contribution is 8.07. The van der Waals surface area contributed by atoms with Crippen molar-refractivity contribution in [3.05, 3.63) is 0 Å². The van der Waals surface area contributed by atoms with Crippen LogP contribution in [0.25, 0.3) is 0 Å².